The smallest absolute Gasteiger partial charge is 0.240 e. The van der Waals surface area contributed by atoms with Gasteiger partial charge >= 0.3 is 0 Å². The number of amides is 1. The highest BCUT2D eigenvalue weighted by Crippen LogP contribution is 2.28. The Labute approximate surface area is 147 Å². The minimum Gasteiger partial charge on any atom is -0.376 e. The van der Waals surface area contributed by atoms with Crippen molar-refractivity contribution in [2.75, 3.05) is 30.3 Å². The molecule has 134 valence electrons. The second-order valence-electron chi connectivity index (χ2n) is 6.21. The highest BCUT2D eigenvalue weighted by Gasteiger charge is 2.23. The zero-order valence-electron chi connectivity index (χ0n) is 14.1. The van der Waals surface area contributed by atoms with Crippen molar-refractivity contribution in [3.05, 3.63) is 42.5 Å². The molecule has 0 unspecified atom stereocenters. The van der Waals surface area contributed by atoms with Crippen molar-refractivity contribution < 1.29 is 17.9 Å². The van der Waals surface area contributed by atoms with Gasteiger partial charge in [-0.05, 0) is 24.3 Å². The quantitative estimate of drug-likeness (QED) is 0.852. The van der Waals surface area contributed by atoms with Crippen LogP contribution < -0.4 is 9.62 Å². The van der Waals surface area contributed by atoms with Crippen molar-refractivity contribution >= 4 is 32.4 Å². The van der Waals surface area contributed by atoms with E-state index in [4.69, 9.17) is 4.74 Å². The van der Waals surface area contributed by atoms with Crippen LogP contribution in [0.3, 0.4) is 0 Å². The Morgan fingerprint density at radius 3 is 2.72 bits per heavy atom. The first-order valence-corrected chi connectivity index (χ1v) is 10.1. The SMILES string of the molecule is CS(=O)(=O)N(CC(=O)NC[C@@H]1CCCO1)c1cccc2ccccc12. The first-order valence-electron chi connectivity index (χ1n) is 8.29. The fourth-order valence-corrected chi connectivity index (χ4v) is 3.89. The van der Waals surface area contributed by atoms with E-state index in [1.165, 1.54) is 0 Å². The van der Waals surface area contributed by atoms with E-state index >= 15 is 0 Å². The Balaban J connectivity index is 1.81. The number of hydrogen-bond donors (Lipinski definition) is 1. The standard InChI is InChI=1S/C18H22N2O4S/c1-25(22,23)20(13-18(21)19-12-15-8-5-11-24-15)17-10-4-7-14-6-2-3-9-16(14)17/h2-4,6-7,9-10,15H,5,8,11-13H2,1H3,(H,19,21)/t15-/m0/s1. The highest BCUT2D eigenvalue weighted by molar-refractivity contribution is 7.92. The van der Waals surface area contributed by atoms with Crippen molar-refractivity contribution in [3.63, 3.8) is 0 Å². The molecule has 0 bridgehead atoms. The predicted octanol–water partition coefficient (Wildman–Crippen LogP) is 1.90. The summed E-state index contributed by atoms with van der Waals surface area (Å²) >= 11 is 0. The Hall–Kier alpha value is -2.12. The van der Waals surface area contributed by atoms with Gasteiger partial charge in [0, 0.05) is 18.5 Å². The van der Waals surface area contributed by atoms with E-state index in [2.05, 4.69) is 5.32 Å². The van der Waals surface area contributed by atoms with Gasteiger partial charge in [0.2, 0.25) is 15.9 Å². The minimum atomic E-state index is -3.60. The molecule has 0 aromatic heterocycles. The summed E-state index contributed by atoms with van der Waals surface area (Å²) in [6.07, 6.45) is 3.04. The van der Waals surface area contributed by atoms with Crippen molar-refractivity contribution in [2.24, 2.45) is 0 Å². The molecule has 2 aromatic carbocycles. The van der Waals surface area contributed by atoms with Crippen molar-refractivity contribution in [3.8, 4) is 0 Å². The number of benzene rings is 2. The van der Waals surface area contributed by atoms with E-state index in [0.29, 0.717) is 18.8 Å². The first-order chi connectivity index (χ1) is 11.9. The number of sulfonamides is 1. The van der Waals surface area contributed by atoms with Crippen LogP contribution in [0.15, 0.2) is 42.5 Å². The lowest BCUT2D eigenvalue weighted by Crippen LogP contribution is -2.42. The van der Waals surface area contributed by atoms with Gasteiger partial charge in [-0.25, -0.2) is 8.42 Å². The maximum absolute atomic E-state index is 12.3. The van der Waals surface area contributed by atoms with Gasteiger partial charge < -0.3 is 10.1 Å². The minimum absolute atomic E-state index is 0.0215. The van der Waals surface area contributed by atoms with Crippen molar-refractivity contribution in [1.82, 2.24) is 5.32 Å². The largest absolute Gasteiger partial charge is 0.376 e. The van der Waals surface area contributed by atoms with Crippen LogP contribution in [0.1, 0.15) is 12.8 Å². The van der Waals surface area contributed by atoms with Crippen molar-refractivity contribution in [2.45, 2.75) is 18.9 Å². The summed E-state index contributed by atoms with van der Waals surface area (Å²) in [5.74, 6) is -0.339. The van der Waals surface area contributed by atoms with Gasteiger partial charge in [0.15, 0.2) is 0 Å². The molecule has 1 fully saturated rings. The van der Waals surface area contributed by atoms with Crippen LogP contribution in [0.4, 0.5) is 5.69 Å². The number of fused-ring (bicyclic) bond motifs is 1. The van der Waals surface area contributed by atoms with Gasteiger partial charge in [-0.2, -0.15) is 0 Å². The molecule has 1 N–H and O–H groups in total. The van der Waals surface area contributed by atoms with Gasteiger partial charge in [0.25, 0.3) is 0 Å². The third-order valence-electron chi connectivity index (χ3n) is 4.27. The summed E-state index contributed by atoms with van der Waals surface area (Å²) < 4.78 is 31.2. The summed E-state index contributed by atoms with van der Waals surface area (Å²) in [4.78, 5) is 12.3. The summed E-state index contributed by atoms with van der Waals surface area (Å²) in [5.41, 5.74) is 0.507. The molecule has 1 aliphatic rings. The Bertz CT molecular complexity index is 855. The van der Waals surface area contributed by atoms with Crippen LogP contribution in [0, 0.1) is 0 Å². The lowest BCUT2D eigenvalue weighted by molar-refractivity contribution is -0.120. The number of rotatable bonds is 6. The number of ether oxygens (including phenoxy) is 1. The molecule has 0 aliphatic carbocycles. The highest BCUT2D eigenvalue weighted by atomic mass is 32.2. The summed E-state index contributed by atoms with van der Waals surface area (Å²) in [6, 6.07) is 12.9. The molecule has 1 atom stereocenters. The second kappa shape index (κ2) is 7.41. The molecule has 3 rings (SSSR count). The monoisotopic (exact) mass is 362 g/mol. The number of nitrogens with one attached hydrogen (secondary N) is 1. The third-order valence-corrected chi connectivity index (χ3v) is 5.40. The number of hydrogen-bond acceptors (Lipinski definition) is 4. The summed E-state index contributed by atoms with van der Waals surface area (Å²) in [5, 5.41) is 4.49. The zero-order chi connectivity index (χ0) is 17.9. The van der Waals surface area contributed by atoms with E-state index in [-0.39, 0.29) is 18.6 Å². The van der Waals surface area contributed by atoms with Crippen LogP contribution in [0.5, 0.6) is 0 Å². The molecule has 1 heterocycles. The van der Waals surface area contributed by atoms with E-state index in [0.717, 1.165) is 34.2 Å². The van der Waals surface area contributed by atoms with E-state index in [1.807, 2.05) is 30.3 Å². The molecule has 6 nitrogen and oxygen atoms in total. The van der Waals surface area contributed by atoms with Crippen LogP contribution in [0.25, 0.3) is 10.8 Å². The fourth-order valence-electron chi connectivity index (χ4n) is 3.03. The van der Waals surface area contributed by atoms with Gasteiger partial charge in [0.05, 0.1) is 18.0 Å². The first kappa shape index (κ1) is 17.7. The average molecular weight is 362 g/mol. The van der Waals surface area contributed by atoms with Crippen molar-refractivity contribution in [1.29, 1.82) is 0 Å². The number of nitrogens with zero attached hydrogens (tertiary/aromatic N) is 1. The maximum atomic E-state index is 12.3. The van der Waals surface area contributed by atoms with Crippen LogP contribution in [-0.4, -0.2) is 46.4 Å². The molecule has 1 aliphatic heterocycles. The van der Waals surface area contributed by atoms with E-state index < -0.39 is 10.0 Å². The number of anilines is 1. The molecule has 1 amide bonds. The molecule has 25 heavy (non-hydrogen) atoms. The summed E-state index contributed by atoms with van der Waals surface area (Å²) in [7, 11) is -3.60. The molecule has 1 saturated heterocycles. The zero-order valence-corrected chi connectivity index (χ0v) is 15.0. The Morgan fingerprint density at radius 2 is 2.00 bits per heavy atom. The predicted molar refractivity (Wildman–Crippen MR) is 98.1 cm³/mol. The molecule has 0 spiro atoms. The lowest BCUT2D eigenvalue weighted by Gasteiger charge is -2.23. The van der Waals surface area contributed by atoms with E-state index in [1.54, 1.807) is 12.1 Å². The molecular weight excluding hydrogens is 340 g/mol. The molecule has 2 aromatic rings. The van der Waals surface area contributed by atoms with Crippen LogP contribution in [-0.2, 0) is 19.6 Å². The Kier molecular flexibility index (Phi) is 5.24. The summed E-state index contributed by atoms with van der Waals surface area (Å²) in [6.45, 7) is 0.873. The molecule has 0 saturated carbocycles. The molecule has 0 radical (unpaired) electrons. The van der Waals surface area contributed by atoms with Gasteiger partial charge in [-0.1, -0.05) is 36.4 Å². The number of carbonyl (C=O) groups excluding carboxylic acids is 1. The van der Waals surface area contributed by atoms with Crippen LogP contribution in [0.2, 0.25) is 0 Å². The number of carbonyl (C=O) groups is 1. The Morgan fingerprint density at radius 1 is 1.24 bits per heavy atom. The van der Waals surface area contributed by atoms with Gasteiger partial charge in [-0.3, -0.25) is 9.10 Å². The fraction of sp³-hybridized carbons (Fsp3) is 0.389. The lowest BCUT2D eigenvalue weighted by atomic mass is 10.1. The van der Waals surface area contributed by atoms with Crippen LogP contribution >= 0.6 is 0 Å². The third kappa shape index (κ3) is 4.29. The normalized spacial score (nSPS) is 17.6. The van der Waals surface area contributed by atoms with E-state index in [9.17, 15) is 13.2 Å². The van der Waals surface area contributed by atoms with Gasteiger partial charge in [-0.15, -0.1) is 0 Å². The topological polar surface area (TPSA) is 75.7 Å². The maximum Gasteiger partial charge on any atom is 0.240 e. The average Bonchev–Trinajstić information content (AvgIpc) is 3.10. The van der Waals surface area contributed by atoms with Gasteiger partial charge in [0.1, 0.15) is 6.54 Å². The molecule has 7 heteroatoms. The second-order valence-corrected chi connectivity index (χ2v) is 8.11. The molecular formula is C18H22N2O4S.